The molecule has 1 N–H and O–H groups in total. The summed E-state index contributed by atoms with van der Waals surface area (Å²) in [5.41, 5.74) is 2.71. The van der Waals surface area contributed by atoms with Gasteiger partial charge in [-0.1, -0.05) is 23.5 Å². The Balaban J connectivity index is 1.51. The molecule has 5 rings (SSSR count). The molecule has 4 heterocycles. The quantitative estimate of drug-likeness (QED) is 0.320. The van der Waals surface area contributed by atoms with Crippen LogP contribution in [0.2, 0.25) is 0 Å². The van der Waals surface area contributed by atoms with Gasteiger partial charge in [0.25, 0.3) is 0 Å². The molecule has 1 fully saturated rings. The Morgan fingerprint density at radius 3 is 2.58 bits per heavy atom. The zero-order valence-corrected chi connectivity index (χ0v) is 22.8. The molecule has 0 bridgehead atoms. The fourth-order valence-corrected chi connectivity index (χ4v) is 5.55. The minimum absolute atomic E-state index is 0.265. The molecule has 0 spiro atoms. The van der Waals surface area contributed by atoms with Gasteiger partial charge in [0.1, 0.15) is 4.88 Å². The highest BCUT2D eigenvalue weighted by Gasteiger charge is 2.22. The van der Waals surface area contributed by atoms with E-state index in [-0.39, 0.29) is 11.5 Å². The van der Waals surface area contributed by atoms with Gasteiger partial charge in [-0.15, -0.1) is 0 Å². The summed E-state index contributed by atoms with van der Waals surface area (Å²) in [4.78, 5) is 33.6. The highest BCUT2D eigenvalue weighted by molar-refractivity contribution is 7.90. The van der Waals surface area contributed by atoms with Gasteiger partial charge in [0.05, 0.1) is 43.3 Å². The second-order valence-corrected chi connectivity index (χ2v) is 11.7. The van der Waals surface area contributed by atoms with Crippen molar-refractivity contribution in [1.82, 2.24) is 24.5 Å². The number of nitrogens with one attached hydrogen (secondary N) is 1. The van der Waals surface area contributed by atoms with E-state index in [0.717, 1.165) is 5.56 Å². The standard InChI is InChI=1S/C24H27N7O5S2/c1-4-36-22(32)19-15(2)26-24(37-19)29-23-27-20(30-9-11-35-12-10-30)18-21(28-23)31(14-25-18)13-16-5-7-17(8-6-16)38(3,33)34/h5-8,14H,4,9-13H2,1-3H3,(H,26,27,28,29). The van der Waals surface area contributed by atoms with Gasteiger partial charge < -0.3 is 18.9 Å². The molecule has 38 heavy (non-hydrogen) atoms. The predicted molar refractivity (Wildman–Crippen MR) is 143 cm³/mol. The number of hydrogen-bond donors (Lipinski definition) is 1. The smallest absolute Gasteiger partial charge is 0.350 e. The summed E-state index contributed by atoms with van der Waals surface area (Å²) in [6.45, 7) is 6.70. The molecule has 14 heteroatoms. The lowest BCUT2D eigenvalue weighted by molar-refractivity contribution is 0.0531. The molecule has 0 amide bonds. The van der Waals surface area contributed by atoms with Crippen molar-refractivity contribution >= 4 is 55.2 Å². The summed E-state index contributed by atoms with van der Waals surface area (Å²) in [5, 5.41) is 3.62. The molecule has 0 aliphatic carbocycles. The molecule has 12 nitrogen and oxygen atoms in total. The number of rotatable bonds is 8. The first kappa shape index (κ1) is 26.0. The van der Waals surface area contributed by atoms with Crippen LogP contribution in [0.3, 0.4) is 0 Å². The number of carbonyl (C=O) groups is 1. The van der Waals surface area contributed by atoms with Crippen LogP contribution in [0.15, 0.2) is 35.5 Å². The molecule has 0 atom stereocenters. The predicted octanol–water partition coefficient (Wildman–Crippen LogP) is 2.80. The fourth-order valence-electron chi connectivity index (χ4n) is 4.07. The number of thiazole rings is 1. The van der Waals surface area contributed by atoms with Crippen molar-refractivity contribution in [2.24, 2.45) is 0 Å². The second-order valence-electron chi connectivity index (χ2n) is 8.71. The fraction of sp³-hybridized carbons (Fsp3) is 0.375. The van der Waals surface area contributed by atoms with Crippen molar-refractivity contribution < 1.29 is 22.7 Å². The molecular weight excluding hydrogens is 530 g/mol. The first-order valence-corrected chi connectivity index (χ1v) is 14.7. The number of benzene rings is 1. The lowest BCUT2D eigenvalue weighted by atomic mass is 10.2. The third-order valence-electron chi connectivity index (χ3n) is 5.94. The molecule has 0 unspecified atom stereocenters. The van der Waals surface area contributed by atoms with Gasteiger partial charge in [-0.2, -0.15) is 9.97 Å². The Morgan fingerprint density at radius 2 is 1.89 bits per heavy atom. The number of sulfone groups is 1. The molecule has 1 aliphatic rings. The number of aryl methyl sites for hydroxylation is 1. The van der Waals surface area contributed by atoms with E-state index in [2.05, 4.69) is 20.2 Å². The van der Waals surface area contributed by atoms with Crippen LogP contribution in [0.4, 0.5) is 16.9 Å². The topological polar surface area (TPSA) is 141 Å². The van der Waals surface area contributed by atoms with Gasteiger partial charge in [0.2, 0.25) is 5.95 Å². The minimum atomic E-state index is -3.28. The first-order chi connectivity index (χ1) is 18.2. The molecule has 1 aromatic carbocycles. The lowest BCUT2D eigenvalue weighted by Gasteiger charge is -2.28. The zero-order valence-electron chi connectivity index (χ0n) is 21.2. The van der Waals surface area contributed by atoms with Crippen molar-refractivity contribution in [3.63, 3.8) is 0 Å². The van der Waals surface area contributed by atoms with Crippen LogP contribution in [0, 0.1) is 6.92 Å². The third-order valence-corrected chi connectivity index (χ3v) is 8.12. The van der Waals surface area contributed by atoms with Crippen LogP contribution in [0.5, 0.6) is 0 Å². The van der Waals surface area contributed by atoms with E-state index in [1.54, 1.807) is 44.4 Å². The summed E-state index contributed by atoms with van der Waals surface area (Å²) in [7, 11) is -3.28. The van der Waals surface area contributed by atoms with E-state index in [1.807, 2.05) is 4.57 Å². The highest BCUT2D eigenvalue weighted by Crippen LogP contribution is 2.29. The average Bonchev–Trinajstić information content (AvgIpc) is 3.47. The number of imidazole rings is 1. The number of hydrogen-bond acceptors (Lipinski definition) is 12. The van der Waals surface area contributed by atoms with E-state index in [4.69, 9.17) is 19.4 Å². The first-order valence-electron chi connectivity index (χ1n) is 12.0. The maximum atomic E-state index is 12.3. The number of fused-ring (bicyclic) bond motifs is 1. The third kappa shape index (κ3) is 5.47. The van der Waals surface area contributed by atoms with E-state index in [1.165, 1.54) is 17.6 Å². The maximum absolute atomic E-state index is 12.3. The van der Waals surface area contributed by atoms with Crippen molar-refractivity contribution in [3.05, 3.63) is 46.7 Å². The summed E-state index contributed by atoms with van der Waals surface area (Å²) in [6, 6.07) is 6.75. The van der Waals surface area contributed by atoms with Crippen LogP contribution >= 0.6 is 11.3 Å². The van der Waals surface area contributed by atoms with Gasteiger partial charge in [0, 0.05) is 19.3 Å². The van der Waals surface area contributed by atoms with Crippen molar-refractivity contribution in [3.8, 4) is 0 Å². The molecule has 1 saturated heterocycles. The molecular formula is C24H27N7O5S2. The Kier molecular flexibility index (Phi) is 7.27. The van der Waals surface area contributed by atoms with E-state index >= 15 is 0 Å². The van der Waals surface area contributed by atoms with Gasteiger partial charge in [-0.25, -0.2) is 23.2 Å². The number of nitrogens with zero attached hydrogens (tertiary/aromatic N) is 6. The van der Waals surface area contributed by atoms with Gasteiger partial charge in [-0.3, -0.25) is 5.32 Å². The van der Waals surface area contributed by atoms with Gasteiger partial charge in [-0.05, 0) is 31.5 Å². The van der Waals surface area contributed by atoms with Crippen molar-refractivity contribution in [2.45, 2.75) is 25.3 Å². The van der Waals surface area contributed by atoms with Crippen molar-refractivity contribution in [1.29, 1.82) is 0 Å². The normalized spacial score (nSPS) is 14.1. The Labute approximate surface area is 223 Å². The molecule has 4 aromatic rings. The SMILES string of the molecule is CCOC(=O)c1sc(Nc2nc(N3CCOCC3)c3ncn(Cc4ccc(S(C)(=O)=O)cc4)c3n2)nc1C. The molecule has 1 aliphatic heterocycles. The number of aromatic nitrogens is 5. The lowest BCUT2D eigenvalue weighted by Crippen LogP contribution is -2.37. The minimum Gasteiger partial charge on any atom is -0.462 e. The summed E-state index contributed by atoms with van der Waals surface area (Å²) in [5.74, 6) is 0.573. The summed E-state index contributed by atoms with van der Waals surface area (Å²) >= 11 is 1.18. The highest BCUT2D eigenvalue weighted by atomic mass is 32.2. The Morgan fingerprint density at radius 1 is 1.16 bits per heavy atom. The number of ether oxygens (including phenoxy) is 2. The Bertz CT molecular complexity index is 1580. The number of carbonyl (C=O) groups excluding carboxylic acids is 1. The van der Waals surface area contributed by atoms with E-state index in [9.17, 15) is 13.2 Å². The van der Waals surface area contributed by atoms with Crippen molar-refractivity contribution in [2.75, 3.05) is 49.4 Å². The number of esters is 1. The maximum Gasteiger partial charge on any atom is 0.350 e. The van der Waals surface area contributed by atoms with E-state index in [0.29, 0.717) is 71.5 Å². The largest absolute Gasteiger partial charge is 0.462 e. The monoisotopic (exact) mass is 557 g/mol. The summed E-state index contributed by atoms with van der Waals surface area (Å²) in [6.07, 6.45) is 2.88. The number of anilines is 3. The number of morpholine rings is 1. The molecule has 0 radical (unpaired) electrons. The van der Waals surface area contributed by atoms with Gasteiger partial charge in [0.15, 0.2) is 32.0 Å². The van der Waals surface area contributed by atoms with Crippen LogP contribution in [-0.4, -0.2) is 78.1 Å². The molecule has 200 valence electrons. The van der Waals surface area contributed by atoms with Crippen LogP contribution < -0.4 is 10.2 Å². The Hall–Kier alpha value is -3.62. The second kappa shape index (κ2) is 10.6. The van der Waals surface area contributed by atoms with E-state index < -0.39 is 15.8 Å². The zero-order chi connectivity index (χ0) is 26.9. The molecule has 3 aromatic heterocycles. The van der Waals surface area contributed by atoms with Crippen LogP contribution in [0.25, 0.3) is 11.2 Å². The van der Waals surface area contributed by atoms with Crippen LogP contribution in [0.1, 0.15) is 27.9 Å². The van der Waals surface area contributed by atoms with Gasteiger partial charge >= 0.3 is 5.97 Å². The summed E-state index contributed by atoms with van der Waals surface area (Å²) < 4.78 is 36.2. The average molecular weight is 558 g/mol. The van der Waals surface area contributed by atoms with Crippen LogP contribution in [-0.2, 0) is 25.9 Å². The molecule has 0 saturated carbocycles.